The van der Waals surface area contributed by atoms with Crippen LogP contribution in [0.5, 0.6) is 0 Å². The predicted molar refractivity (Wildman–Crippen MR) is 91.5 cm³/mol. The van der Waals surface area contributed by atoms with Crippen molar-refractivity contribution in [2.24, 2.45) is 0 Å². The van der Waals surface area contributed by atoms with E-state index in [2.05, 4.69) is 25.3 Å². The molecule has 1 aromatic carbocycles. The first-order chi connectivity index (χ1) is 11.0. The van der Waals surface area contributed by atoms with Crippen molar-refractivity contribution in [1.82, 2.24) is 19.9 Å². The topological polar surface area (TPSA) is 83.6 Å². The van der Waals surface area contributed by atoms with Gasteiger partial charge in [-0.2, -0.15) is 0 Å². The Kier molecular flexibility index (Phi) is 4.29. The van der Waals surface area contributed by atoms with E-state index < -0.39 is 0 Å². The van der Waals surface area contributed by atoms with Gasteiger partial charge in [0.1, 0.15) is 16.9 Å². The van der Waals surface area contributed by atoms with Crippen LogP contribution in [0.25, 0.3) is 11.2 Å². The number of H-pyrrole nitrogens is 1. The third-order valence-corrected chi connectivity index (χ3v) is 4.60. The van der Waals surface area contributed by atoms with Gasteiger partial charge < -0.3 is 10.3 Å². The molecule has 0 aliphatic heterocycles. The minimum Gasteiger partial charge on any atom is -0.341 e. The molecular weight excluding hydrogens is 310 g/mol. The van der Waals surface area contributed by atoms with E-state index >= 15 is 0 Å². The zero-order valence-corrected chi connectivity index (χ0v) is 13.9. The van der Waals surface area contributed by atoms with E-state index in [1.807, 2.05) is 39.0 Å². The number of imidazole rings is 1. The lowest BCUT2D eigenvalue weighted by molar-refractivity contribution is -0.115. The van der Waals surface area contributed by atoms with Gasteiger partial charge in [-0.15, -0.1) is 0 Å². The molecule has 2 N–H and O–H groups in total. The minimum atomic E-state index is -0.295. The van der Waals surface area contributed by atoms with Crippen LogP contribution in [0.2, 0.25) is 0 Å². The maximum Gasteiger partial charge on any atom is 0.237 e. The van der Waals surface area contributed by atoms with Gasteiger partial charge in [-0.1, -0.05) is 23.9 Å². The molecule has 1 amide bonds. The lowest BCUT2D eigenvalue weighted by Crippen LogP contribution is -2.23. The van der Waals surface area contributed by atoms with Crippen molar-refractivity contribution in [3.63, 3.8) is 0 Å². The van der Waals surface area contributed by atoms with Crippen LogP contribution in [-0.4, -0.2) is 31.1 Å². The fraction of sp³-hybridized carbons (Fsp3) is 0.250. The van der Waals surface area contributed by atoms with Crippen LogP contribution in [0.1, 0.15) is 18.1 Å². The molecule has 3 rings (SSSR count). The second-order valence-electron chi connectivity index (χ2n) is 5.35. The monoisotopic (exact) mass is 327 g/mol. The molecule has 0 bridgehead atoms. The average Bonchev–Trinajstić information content (AvgIpc) is 3.00. The highest BCUT2D eigenvalue weighted by Crippen LogP contribution is 2.27. The number of benzene rings is 1. The Morgan fingerprint density at radius 1 is 1.26 bits per heavy atom. The molecule has 3 aromatic rings. The zero-order chi connectivity index (χ0) is 16.4. The molecule has 2 heterocycles. The third-order valence-electron chi connectivity index (χ3n) is 3.50. The number of carbonyl (C=O) groups is 1. The number of thioether (sulfide) groups is 1. The molecule has 0 aliphatic rings. The number of carbonyl (C=O) groups excluding carboxylic acids is 1. The van der Waals surface area contributed by atoms with Crippen molar-refractivity contribution in [3.8, 4) is 0 Å². The van der Waals surface area contributed by atoms with E-state index in [4.69, 9.17) is 0 Å². The van der Waals surface area contributed by atoms with E-state index in [0.717, 1.165) is 27.4 Å². The lowest BCUT2D eigenvalue weighted by Gasteiger charge is -2.13. The van der Waals surface area contributed by atoms with Crippen molar-refractivity contribution in [2.45, 2.75) is 31.0 Å². The Morgan fingerprint density at radius 2 is 2.09 bits per heavy atom. The maximum atomic E-state index is 12.5. The number of nitrogens with zero attached hydrogens (tertiary/aromatic N) is 3. The number of aryl methyl sites for hydroxylation is 2. The normalized spacial score (nSPS) is 12.3. The second kappa shape index (κ2) is 6.37. The summed E-state index contributed by atoms with van der Waals surface area (Å²) < 4.78 is 0. The van der Waals surface area contributed by atoms with E-state index in [9.17, 15) is 4.79 Å². The smallest absolute Gasteiger partial charge is 0.237 e. The summed E-state index contributed by atoms with van der Waals surface area (Å²) in [5.41, 5.74) is 4.35. The van der Waals surface area contributed by atoms with Gasteiger partial charge in [0.05, 0.1) is 11.6 Å². The Hall–Kier alpha value is -2.41. The fourth-order valence-corrected chi connectivity index (χ4v) is 3.03. The van der Waals surface area contributed by atoms with Crippen LogP contribution in [0, 0.1) is 13.8 Å². The number of nitrogens with one attached hydrogen (secondary N) is 2. The van der Waals surface area contributed by atoms with E-state index in [1.165, 1.54) is 18.1 Å². The van der Waals surface area contributed by atoms with Crippen molar-refractivity contribution >= 4 is 34.5 Å². The van der Waals surface area contributed by atoms with Gasteiger partial charge in [-0.3, -0.25) is 4.79 Å². The molecule has 0 saturated heterocycles. The van der Waals surface area contributed by atoms with Crippen molar-refractivity contribution in [3.05, 3.63) is 42.0 Å². The Bertz CT molecular complexity index is 861. The molecule has 0 fully saturated rings. The van der Waals surface area contributed by atoms with Crippen LogP contribution in [0.3, 0.4) is 0 Å². The molecule has 1 atom stereocenters. The van der Waals surface area contributed by atoms with Crippen molar-refractivity contribution < 1.29 is 4.79 Å². The lowest BCUT2D eigenvalue weighted by atomic mass is 10.1. The Labute approximate surface area is 138 Å². The molecule has 2 aromatic heterocycles. The standard InChI is InChI=1S/C16H17N5OS/c1-9-4-5-10(2)12(6-9)21-15(22)11(3)23-16-13-14(18-7-17-13)19-8-20-16/h4-8,11H,1-3H3,(H,21,22)(H,17,18,19,20)/t11-/m0/s1. The Morgan fingerprint density at radius 3 is 2.91 bits per heavy atom. The third kappa shape index (κ3) is 3.34. The van der Waals surface area contributed by atoms with Crippen LogP contribution < -0.4 is 5.32 Å². The van der Waals surface area contributed by atoms with Gasteiger partial charge in [0.2, 0.25) is 5.91 Å². The molecule has 6 nitrogen and oxygen atoms in total. The Balaban J connectivity index is 1.75. The SMILES string of the molecule is Cc1ccc(C)c(NC(=O)[C@H](C)Sc2ncnc3nc[nH]c23)c1. The number of anilines is 1. The van der Waals surface area contributed by atoms with Gasteiger partial charge in [0.25, 0.3) is 0 Å². The van der Waals surface area contributed by atoms with E-state index in [-0.39, 0.29) is 11.2 Å². The summed E-state index contributed by atoms with van der Waals surface area (Å²) in [4.78, 5) is 27.9. The number of hydrogen-bond donors (Lipinski definition) is 2. The summed E-state index contributed by atoms with van der Waals surface area (Å²) in [5, 5.41) is 3.41. The number of aromatic amines is 1. The summed E-state index contributed by atoms with van der Waals surface area (Å²) in [6.07, 6.45) is 3.03. The fourth-order valence-electron chi connectivity index (χ4n) is 2.16. The average molecular weight is 327 g/mol. The molecule has 0 spiro atoms. The first-order valence-electron chi connectivity index (χ1n) is 7.23. The summed E-state index contributed by atoms with van der Waals surface area (Å²) >= 11 is 1.38. The molecular formula is C16H17N5OS. The molecule has 23 heavy (non-hydrogen) atoms. The molecule has 0 saturated carbocycles. The largest absolute Gasteiger partial charge is 0.341 e. The van der Waals surface area contributed by atoms with Gasteiger partial charge in [-0.05, 0) is 38.0 Å². The van der Waals surface area contributed by atoms with Gasteiger partial charge in [-0.25, -0.2) is 15.0 Å². The van der Waals surface area contributed by atoms with E-state index in [0.29, 0.717) is 5.65 Å². The first-order valence-corrected chi connectivity index (χ1v) is 8.11. The van der Waals surface area contributed by atoms with E-state index in [1.54, 1.807) is 6.33 Å². The highest BCUT2D eigenvalue weighted by atomic mass is 32.2. The first kappa shape index (κ1) is 15.5. The minimum absolute atomic E-state index is 0.0602. The molecule has 0 unspecified atom stereocenters. The van der Waals surface area contributed by atoms with Crippen LogP contribution in [0.15, 0.2) is 35.9 Å². The number of rotatable bonds is 4. The maximum absolute atomic E-state index is 12.5. The van der Waals surface area contributed by atoms with Gasteiger partial charge in [0.15, 0.2) is 5.65 Å². The summed E-state index contributed by atoms with van der Waals surface area (Å²) in [5.74, 6) is -0.0602. The van der Waals surface area contributed by atoms with Crippen molar-refractivity contribution in [2.75, 3.05) is 5.32 Å². The quantitative estimate of drug-likeness (QED) is 0.568. The predicted octanol–water partition coefficient (Wildman–Crippen LogP) is 3.09. The summed E-state index contributed by atoms with van der Waals surface area (Å²) in [7, 11) is 0. The highest BCUT2D eigenvalue weighted by Gasteiger charge is 2.18. The molecule has 0 aliphatic carbocycles. The number of fused-ring (bicyclic) bond motifs is 1. The number of amides is 1. The second-order valence-corrected chi connectivity index (χ2v) is 6.68. The molecule has 118 valence electrons. The zero-order valence-electron chi connectivity index (χ0n) is 13.1. The number of aromatic nitrogens is 4. The summed E-state index contributed by atoms with van der Waals surface area (Å²) in [6, 6.07) is 6.00. The van der Waals surface area contributed by atoms with Gasteiger partial charge >= 0.3 is 0 Å². The van der Waals surface area contributed by atoms with Crippen LogP contribution in [-0.2, 0) is 4.79 Å². The van der Waals surface area contributed by atoms with Crippen molar-refractivity contribution in [1.29, 1.82) is 0 Å². The molecule has 7 heteroatoms. The van der Waals surface area contributed by atoms with Crippen LogP contribution >= 0.6 is 11.8 Å². The van der Waals surface area contributed by atoms with Gasteiger partial charge in [0, 0.05) is 5.69 Å². The molecule has 0 radical (unpaired) electrons. The number of hydrogen-bond acceptors (Lipinski definition) is 5. The highest BCUT2D eigenvalue weighted by molar-refractivity contribution is 8.00. The summed E-state index contributed by atoms with van der Waals surface area (Å²) in [6.45, 7) is 5.84. The van der Waals surface area contributed by atoms with Crippen LogP contribution in [0.4, 0.5) is 5.69 Å².